The molecule has 1 atom stereocenters. The van der Waals surface area contributed by atoms with Crippen LogP contribution in [-0.2, 0) is 17.8 Å². The van der Waals surface area contributed by atoms with Gasteiger partial charge in [-0.2, -0.15) is 0 Å². The van der Waals surface area contributed by atoms with Crippen LogP contribution in [0.4, 0.5) is 0 Å². The van der Waals surface area contributed by atoms with E-state index in [0.717, 1.165) is 31.9 Å². The van der Waals surface area contributed by atoms with Gasteiger partial charge in [-0.3, -0.25) is 0 Å². The monoisotopic (exact) mass is 260 g/mol. The molecule has 94 valence electrons. The average molecular weight is 260 g/mol. The van der Waals surface area contributed by atoms with Crippen LogP contribution in [0.3, 0.4) is 0 Å². The van der Waals surface area contributed by atoms with E-state index in [-0.39, 0.29) is 0 Å². The highest BCUT2D eigenvalue weighted by atomic mass is 32.1. The van der Waals surface area contributed by atoms with Crippen molar-refractivity contribution >= 4 is 11.3 Å². The minimum absolute atomic E-state index is 0.314. The zero-order valence-electron chi connectivity index (χ0n) is 10.1. The Kier molecular flexibility index (Phi) is 3.69. The van der Waals surface area contributed by atoms with Gasteiger partial charge in [0.15, 0.2) is 0 Å². The second-order valence-corrected chi connectivity index (χ2v) is 5.17. The Morgan fingerprint density at radius 3 is 3.22 bits per heavy atom. The lowest BCUT2D eigenvalue weighted by Gasteiger charge is -2.26. The molecule has 0 fully saturated rings. The van der Waals surface area contributed by atoms with Crippen molar-refractivity contribution in [1.82, 2.24) is 10.3 Å². The van der Waals surface area contributed by atoms with Crippen LogP contribution in [0, 0.1) is 0 Å². The predicted molar refractivity (Wildman–Crippen MR) is 72.7 cm³/mol. The van der Waals surface area contributed by atoms with Crippen molar-refractivity contribution in [1.29, 1.82) is 0 Å². The Morgan fingerprint density at radius 1 is 1.39 bits per heavy atom. The topological polar surface area (TPSA) is 34.1 Å². The normalized spacial score (nSPS) is 18.6. The van der Waals surface area contributed by atoms with Crippen molar-refractivity contribution in [2.45, 2.75) is 19.1 Å². The first-order valence-corrected chi connectivity index (χ1v) is 7.14. The van der Waals surface area contributed by atoms with Crippen molar-refractivity contribution < 1.29 is 4.74 Å². The number of fused-ring (bicyclic) bond motifs is 1. The molecule has 1 aromatic heterocycles. The largest absolute Gasteiger partial charge is 0.375 e. The van der Waals surface area contributed by atoms with Gasteiger partial charge in [0.05, 0.1) is 30.5 Å². The van der Waals surface area contributed by atoms with Gasteiger partial charge in [-0.25, -0.2) is 4.98 Å². The first kappa shape index (κ1) is 11.8. The second-order valence-electron chi connectivity index (χ2n) is 4.45. The van der Waals surface area contributed by atoms with Crippen LogP contribution in [0.25, 0.3) is 0 Å². The Labute approximate surface area is 111 Å². The fourth-order valence-corrected chi connectivity index (χ4v) is 2.88. The van der Waals surface area contributed by atoms with E-state index < -0.39 is 0 Å². The fourth-order valence-electron chi connectivity index (χ4n) is 2.29. The van der Waals surface area contributed by atoms with E-state index in [4.69, 9.17) is 4.74 Å². The highest BCUT2D eigenvalue weighted by molar-refractivity contribution is 7.07. The van der Waals surface area contributed by atoms with Gasteiger partial charge in [0, 0.05) is 18.3 Å². The summed E-state index contributed by atoms with van der Waals surface area (Å²) < 4.78 is 5.62. The van der Waals surface area contributed by atoms with E-state index in [9.17, 15) is 0 Å². The Balaban J connectivity index is 1.60. The van der Waals surface area contributed by atoms with Gasteiger partial charge in [0.2, 0.25) is 0 Å². The van der Waals surface area contributed by atoms with Gasteiger partial charge in [0.25, 0.3) is 0 Å². The predicted octanol–water partition coefficient (Wildman–Crippen LogP) is 2.55. The molecule has 1 aliphatic rings. The summed E-state index contributed by atoms with van der Waals surface area (Å²) in [5.74, 6) is 0. The molecule has 1 aliphatic heterocycles. The van der Waals surface area contributed by atoms with Crippen LogP contribution in [0.1, 0.15) is 22.9 Å². The van der Waals surface area contributed by atoms with Crippen LogP contribution in [0.15, 0.2) is 35.2 Å². The van der Waals surface area contributed by atoms with Crippen molar-refractivity contribution in [2.24, 2.45) is 0 Å². The molecular weight excluding hydrogens is 244 g/mol. The maximum atomic E-state index is 5.62. The molecule has 0 radical (unpaired) electrons. The smallest absolute Gasteiger partial charge is 0.0794 e. The number of thiazole rings is 1. The molecule has 0 bridgehead atoms. The van der Waals surface area contributed by atoms with Crippen LogP contribution in [0.5, 0.6) is 0 Å². The Hall–Kier alpha value is -1.23. The molecule has 3 rings (SSSR count). The lowest BCUT2D eigenvalue weighted by atomic mass is 9.99. The van der Waals surface area contributed by atoms with Crippen LogP contribution in [-0.4, -0.2) is 18.1 Å². The third-order valence-corrected chi connectivity index (χ3v) is 3.86. The molecule has 0 amide bonds. The third kappa shape index (κ3) is 2.61. The molecule has 1 N–H and O–H groups in total. The van der Waals surface area contributed by atoms with E-state index >= 15 is 0 Å². The number of rotatable bonds is 4. The zero-order valence-corrected chi connectivity index (χ0v) is 11.0. The molecule has 0 aliphatic carbocycles. The molecule has 0 spiro atoms. The number of aromatic nitrogens is 1. The molecule has 4 heteroatoms. The van der Waals surface area contributed by atoms with E-state index in [2.05, 4.69) is 39.9 Å². The molecule has 2 aromatic rings. The van der Waals surface area contributed by atoms with Gasteiger partial charge >= 0.3 is 0 Å². The van der Waals surface area contributed by atoms with Gasteiger partial charge in [-0.15, -0.1) is 11.3 Å². The summed E-state index contributed by atoms with van der Waals surface area (Å²) in [6.45, 7) is 2.43. The van der Waals surface area contributed by atoms with Crippen LogP contribution >= 0.6 is 11.3 Å². The molecule has 0 saturated heterocycles. The summed E-state index contributed by atoms with van der Waals surface area (Å²) >= 11 is 1.65. The SMILES string of the molecule is c1ccc2c(c1)COCC2NCCc1cscn1. The van der Waals surface area contributed by atoms with E-state index in [1.807, 2.05) is 5.51 Å². The first-order valence-electron chi connectivity index (χ1n) is 6.19. The number of hydrogen-bond acceptors (Lipinski definition) is 4. The molecule has 3 nitrogen and oxygen atoms in total. The number of nitrogens with one attached hydrogen (secondary N) is 1. The fraction of sp³-hybridized carbons (Fsp3) is 0.357. The number of nitrogens with zero attached hydrogens (tertiary/aromatic N) is 1. The summed E-state index contributed by atoms with van der Waals surface area (Å²) in [6.07, 6.45) is 0.974. The van der Waals surface area contributed by atoms with Gasteiger partial charge < -0.3 is 10.1 Å². The second kappa shape index (κ2) is 5.61. The summed E-state index contributed by atoms with van der Waals surface area (Å²) in [5, 5.41) is 5.66. The van der Waals surface area contributed by atoms with Gasteiger partial charge in [-0.05, 0) is 11.1 Å². The van der Waals surface area contributed by atoms with Crippen molar-refractivity contribution in [3.05, 3.63) is 52.0 Å². The number of hydrogen-bond donors (Lipinski definition) is 1. The van der Waals surface area contributed by atoms with Crippen LogP contribution in [0.2, 0.25) is 0 Å². The van der Waals surface area contributed by atoms with Gasteiger partial charge in [-0.1, -0.05) is 24.3 Å². The third-order valence-electron chi connectivity index (χ3n) is 3.23. The Morgan fingerprint density at radius 2 is 2.33 bits per heavy atom. The molecule has 18 heavy (non-hydrogen) atoms. The number of ether oxygens (including phenoxy) is 1. The molecule has 1 unspecified atom stereocenters. The van der Waals surface area contributed by atoms with Crippen molar-refractivity contribution in [3.63, 3.8) is 0 Å². The lowest BCUT2D eigenvalue weighted by Crippen LogP contribution is -2.31. The quantitative estimate of drug-likeness (QED) is 0.917. The standard InChI is InChI=1S/C14H16N2OS/c1-2-4-13-11(3-1)7-17-8-14(13)15-6-5-12-9-18-10-16-12/h1-4,9-10,14-15H,5-8H2. The minimum atomic E-state index is 0.314. The molecular formula is C14H16N2OS. The van der Waals surface area contributed by atoms with E-state index in [1.54, 1.807) is 11.3 Å². The van der Waals surface area contributed by atoms with E-state index in [0.29, 0.717) is 6.04 Å². The highest BCUT2D eigenvalue weighted by Gasteiger charge is 2.19. The van der Waals surface area contributed by atoms with Crippen LogP contribution < -0.4 is 5.32 Å². The average Bonchev–Trinajstić information content (AvgIpc) is 2.92. The maximum absolute atomic E-state index is 5.62. The maximum Gasteiger partial charge on any atom is 0.0794 e. The molecule has 2 heterocycles. The number of benzene rings is 1. The lowest BCUT2D eigenvalue weighted by molar-refractivity contribution is 0.0823. The first-order chi connectivity index (χ1) is 8.93. The summed E-state index contributed by atoms with van der Waals surface area (Å²) in [6, 6.07) is 8.81. The van der Waals surface area contributed by atoms with Crippen molar-refractivity contribution in [2.75, 3.05) is 13.2 Å². The minimum Gasteiger partial charge on any atom is -0.375 e. The zero-order chi connectivity index (χ0) is 12.2. The van der Waals surface area contributed by atoms with Gasteiger partial charge in [0.1, 0.15) is 0 Å². The Bertz CT molecular complexity index is 498. The molecule has 1 aromatic carbocycles. The summed E-state index contributed by atoms with van der Waals surface area (Å²) in [5.41, 5.74) is 5.73. The summed E-state index contributed by atoms with van der Waals surface area (Å²) in [4.78, 5) is 4.29. The van der Waals surface area contributed by atoms with Crippen molar-refractivity contribution in [3.8, 4) is 0 Å². The van der Waals surface area contributed by atoms with E-state index in [1.165, 1.54) is 11.1 Å². The summed E-state index contributed by atoms with van der Waals surface area (Å²) in [7, 11) is 0. The molecule has 0 saturated carbocycles. The highest BCUT2D eigenvalue weighted by Crippen LogP contribution is 2.24.